The Hall–Kier alpha value is -2.14. The highest BCUT2D eigenvalue weighted by atomic mass is 35.5. The van der Waals surface area contributed by atoms with Crippen molar-refractivity contribution < 1.29 is 14.4 Å². The number of fused-ring (bicyclic) bond motifs is 1. The third-order valence-corrected chi connectivity index (χ3v) is 5.92. The molecule has 2 fully saturated rings. The minimum absolute atomic E-state index is 0.128. The number of nitrogens with zero attached hydrogens (tertiary/aromatic N) is 1. The molecule has 1 aliphatic heterocycles. The summed E-state index contributed by atoms with van der Waals surface area (Å²) in [6.45, 7) is 1.60. The molecule has 0 radical (unpaired) electrons. The normalized spacial score (nSPS) is 31.2. The Kier molecular flexibility index (Phi) is 3.91. The maximum Gasteiger partial charge on any atom is 0.247 e. The van der Waals surface area contributed by atoms with Crippen LogP contribution in [-0.4, -0.2) is 28.7 Å². The molecule has 1 saturated heterocycles. The quantitative estimate of drug-likeness (QED) is 0.667. The summed E-state index contributed by atoms with van der Waals surface area (Å²) in [6, 6.07) is 5.88. The number of rotatable bonds is 3. The lowest BCUT2D eigenvalue weighted by Crippen LogP contribution is -2.46. The Morgan fingerprint density at radius 2 is 1.60 bits per heavy atom. The molecule has 130 valence electrons. The van der Waals surface area contributed by atoms with E-state index in [1.54, 1.807) is 31.2 Å². The van der Waals surface area contributed by atoms with Crippen molar-refractivity contribution in [2.75, 3.05) is 5.32 Å². The standard InChI is InChI=1S/C19H19ClN2O3/c1-10(17(23)21-14-8-6-13(20)7-9-14)22-18(24)15-11-2-3-12(5-4-11)16(15)19(22)25/h2-3,6-12,15-16H,4-5H2,1H3,(H,21,23)/t10-,11-,12-,15-,16+/m0/s1. The van der Waals surface area contributed by atoms with Gasteiger partial charge < -0.3 is 5.32 Å². The van der Waals surface area contributed by atoms with Crippen LogP contribution in [0.25, 0.3) is 0 Å². The largest absolute Gasteiger partial charge is 0.324 e. The third kappa shape index (κ3) is 2.58. The molecule has 4 aliphatic rings. The van der Waals surface area contributed by atoms with E-state index in [2.05, 4.69) is 17.5 Å². The number of halogens is 1. The first kappa shape index (κ1) is 16.3. The molecule has 5 rings (SSSR count). The molecule has 25 heavy (non-hydrogen) atoms. The van der Waals surface area contributed by atoms with Crippen LogP contribution in [-0.2, 0) is 14.4 Å². The first-order valence-corrected chi connectivity index (χ1v) is 8.97. The van der Waals surface area contributed by atoms with Crippen molar-refractivity contribution in [3.63, 3.8) is 0 Å². The number of hydrogen-bond acceptors (Lipinski definition) is 3. The minimum atomic E-state index is -0.833. The predicted octanol–water partition coefficient (Wildman–Crippen LogP) is 2.86. The van der Waals surface area contributed by atoms with Gasteiger partial charge in [0.05, 0.1) is 11.8 Å². The van der Waals surface area contributed by atoms with Crippen molar-refractivity contribution in [2.45, 2.75) is 25.8 Å². The van der Waals surface area contributed by atoms with E-state index in [4.69, 9.17) is 11.6 Å². The zero-order chi connectivity index (χ0) is 17.7. The maximum absolute atomic E-state index is 12.9. The molecule has 3 amide bonds. The summed E-state index contributed by atoms with van der Waals surface area (Å²) in [5.74, 6) is -1.10. The van der Waals surface area contributed by atoms with Gasteiger partial charge in [-0.05, 0) is 55.9 Å². The lowest BCUT2D eigenvalue weighted by molar-refractivity contribution is -0.146. The molecule has 6 heteroatoms. The monoisotopic (exact) mass is 358 g/mol. The van der Waals surface area contributed by atoms with E-state index >= 15 is 0 Å². The molecule has 0 spiro atoms. The zero-order valence-corrected chi connectivity index (χ0v) is 14.6. The summed E-state index contributed by atoms with van der Waals surface area (Å²) < 4.78 is 0. The Morgan fingerprint density at radius 3 is 2.08 bits per heavy atom. The van der Waals surface area contributed by atoms with E-state index < -0.39 is 6.04 Å². The molecule has 0 aromatic heterocycles. The Labute approximate surface area is 151 Å². The molecule has 1 N–H and O–H groups in total. The van der Waals surface area contributed by atoms with Crippen LogP contribution in [0.1, 0.15) is 19.8 Å². The van der Waals surface area contributed by atoms with E-state index in [0.717, 1.165) is 12.8 Å². The number of hydrogen-bond donors (Lipinski definition) is 1. The lowest BCUT2D eigenvalue weighted by atomic mass is 9.63. The van der Waals surface area contributed by atoms with E-state index in [1.807, 2.05) is 0 Å². The molecule has 1 heterocycles. The van der Waals surface area contributed by atoms with Gasteiger partial charge in [0.2, 0.25) is 17.7 Å². The predicted molar refractivity (Wildman–Crippen MR) is 93.7 cm³/mol. The molecule has 0 unspecified atom stereocenters. The molecule has 5 atom stereocenters. The first-order chi connectivity index (χ1) is 12.0. The van der Waals surface area contributed by atoms with E-state index in [1.165, 1.54) is 4.90 Å². The van der Waals surface area contributed by atoms with Crippen molar-refractivity contribution in [1.82, 2.24) is 4.90 Å². The van der Waals surface area contributed by atoms with E-state index in [-0.39, 0.29) is 41.4 Å². The van der Waals surface area contributed by atoms with Crippen molar-refractivity contribution in [3.8, 4) is 0 Å². The second-order valence-corrected chi connectivity index (χ2v) is 7.50. The number of likely N-dealkylation sites (tertiary alicyclic amines) is 1. The van der Waals surface area contributed by atoms with E-state index in [0.29, 0.717) is 10.7 Å². The van der Waals surface area contributed by atoms with Gasteiger partial charge in [0.25, 0.3) is 0 Å². The van der Waals surface area contributed by atoms with Crippen LogP contribution >= 0.6 is 11.6 Å². The summed E-state index contributed by atoms with van der Waals surface area (Å²) in [6.07, 6.45) is 6.03. The van der Waals surface area contributed by atoms with Gasteiger partial charge >= 0.3 is 0 Å². The van der Waals surface area contributed by atoms with Crippen LogP contribution in [0.4, 0.5) is 5.69 Å². The summed E-state index contributed by atoms with van der Waals surface area (Å²) in [5, 5.41) is 3.32. The Balaban J connectivity index is 1.53. The topological polar surface area (TPSA) is 66.5 Å². The van der Waals surface area contributed by atoms with Gasteiger partial charge in [0.1, 0.15) is 6.04 Å². The Bertz CT molecular complexity index is 741. The molecule has 5 nitrogen and oxygen atoms in total. The fraction of sp³-hybridized carbons (Fsp3) is 0.421. The molecule has 1 aromatic rings. The average molecular weight is 359 g/mol. The van der Waals surface area contributed by atoms with E-state index in [9.17, 15) is 14.4 Å². The fourth-order valence-electron chi connectivity index (χ4n) is 4.38. The van der Waals surface area contributed by atoms with Crippen LogP contribution in [0.2, 0.25) is 5.02 Å². The van der Waals surface area contributed by atoms with Crippen LogP contribution in [0.15, 0.2) is 36.4 Å². The van der Waals surface area contributed by atoms with Crippen molar-refractivity contribution >= 4 is 35.0 Å². The fourth-order valence-corrected chi connectivity index (χ4v) is 4.50. The van der Waals surface area contributed by atoms with Crippen LogP contribution in [0.3, 0.4) is 0 Å². The SMILES string of the molecule is C[C@@H](C(=O)Nc1ccc(Cl)cc1)N1C(=O)[C@@H]2[C@H](C1=O)[C@H]1C=C[C@H]2CC1. The number of carbonyl (C=O) groups is 3. The van der Waals surface area contributed by atoms with Gasteiger partial charge in [0, 0.05) is 10.7 Å². The van der Waals surface area contributed by atoms with Gasteiger partial charge in [-0.1, -0.05) is 23.8 Å². The number of nitrogens with one attached hydrogen (secondary N) is 1. The summed E-state index contributed by atoms with van der Waals surface area (Å²) in [7, 11) is 0. The molecule has 2 bridgehead atoms. The van der Waals surface area contributed by atoms with Crippen LogP contribution in [0, 0.1) is 23.7 Å². The molecule has 1 aromatic carbocycles. The summed E-state index contributed by atoms with van der Waals surface area (Å²) in [5.41, 5.74) is 0.583. The minimum Gasteiger partial charge on any atom is -0.324 e. The smallest absolute Gasteiger partial charge is 0.247 e. The second-order valence-electron chi connectivity index (χ2n) is 7.06. The van der Waals surface area contributed by atoms with Crippen molar-refractivity contribution in [3.05, 3.63) is 41.4 Å². The molecule has 1 saturated carbocycles. The van der Waals surface area contributed by atoms with Crippen LogP contribution in [0.5, 0.6) is 0 Å². The first-order valence-electron chi connectivity index (χ1n) is 8.59. The van der Waals surface area contributed by atoms with Gasteiger partial charge in [-0.25, -0.2) is 0 Å². The highest BCUT2D eigenvalue weighted by Crippen LogP contribution is 2.49. The van der Waals surface area contributed by atoms with Crippen molar-refractivity contribution in [1.29, 1.82) is 0 Å². The highest BCUT2D eigenvalue weighted by Gasteiger charge is 2.58. The summed E-state index contributed by atoms with van der Waals surface area (Å²) in [4.78, 5) is 39.4. The van der Waals surface area contributed by atoms with Crippen molar-refractivity contribution in [2.24, 2.45) is 23.7 Å². The molecular weight excluding hydrogens is 340 g/mol. The van der Waals surface area contributed by atoms with Gasteiger partial charge in [-0.3, -0.25) is 19.3 Å². The number of imide groups is 1. The van der Waals surface area contributed by atoms with Crippen LogP contribution < -0.4 is 5.32 Å². The maximum atomic E-state index is 12.9. The molecule has 3 aliphatic carbocycles. The second kappa shape index (κ2) is 5.99. The lowest BCUT2D eigenvalue weighted by Gasteiger charge is -2.38. The number of allylic oxidation sites excluding steroid dienone is 2. The Morgan fingerprint density at radius 1 is 1.08 bits per heavy atom. The number of carbonyl (C=O) groups excluding carboxylic acids is 3. The van der Waals surface area contributed by atoms with Gasteiger partial charge in [0.15, 0.2) is 0 Å². The van der Waals surface area contributed by atoms with Gasteiger partial charge in [-0.15, -0.1) is 0 Å². The van der Waals surface area contributed by atoms with Gasteiger partial charge in [-0.2, -0.15) is 0 Å². The third-order valence-electron chi connectivity index (χ3n) is 5.67. The number of benzene rings is 1. The number of anilines is 1. The zero-order valence-electron chi connectivity index (χ0n) is 13.8. The highest BCUT2D eigenvalue weighted by molar-refractivity contribution is 6.30. The molecular formula is C19H19ClN2O3. The average Bonchev–Trinajstić information content (AvgIpc) is 2.90. The number of amides is 3. The summed E-state index contributed by atoms with van der Waals surface area (Å²) >= 11 is 5.84.